The summed E-state index contributed by atoms with van der Waals surface area (Å²) in [4.78, 5) is 0. The van der Waals surface area contributed by atoms with E-state index in [9.17, 15) is 0 Å². The zero-order chi connectivity index (χ0) is 14.7. The molecule has 21 heavy (non-hydrogen) atoms. The van der Waals surface area contributed by atoms with Crippen LogP contribution in [0.3, 0.4) is 0 Å². The molecule has 0 radical (unpaired) electrons. The van der Waals surface area contributed by atoms with Crippen LogP contribution in [0.1, 0.15) is 30.1 Å². The highest BCUT2D eigenvalue weighted by Gasteiger charge is 2.16. The molecule has 0 amide bonds. The summed E-state index contributed by atoms with van der Waals surface area (Å²) in [5, 5.41) is 17.4. The number of ether oxygens (including phenoxy) is 2. The molecule has 1 aromatic heterocycles. The third-order valence-corrected chi connectivity index (χ3v) is 3.55. The SMILES string of the molecule is COc1cc(C#N)cc(OCc2nnc3n2CCCC3)c1. The van der Waals surface area contributed by atoms with Crippen molar-refractivity contribution >= 4 is 0 Å². The van der Waals surface area contributed by atoms with Crippen LogP contribution in [0.25, 0.3) is 0 Å². The fraction of sp³-hybridized carbons (Fsp3) is 0.400. The Morgan fingerprint density at radius 1 is 1.24 bits per heavy atom. The number of hydrogen-bond acceptors (Lipinski definition) is 5. The largest absolute Gasteiger partial charge is 0.497 e. The predicted octanol–water partition coefficient (Wildman–Crippen LogP) is 2.07. The molecule has 1 aliphatic rings. The van der Waals surface area contributed by atoms with Gasteiger partial charge in [0.2, 0.25) is 0 Å². The molecular weight excluding hydrogens is 268 g/mol. The third-order valence-electron chi connectivity index (χ3n) is 3.55. The molecule has 0 N–H and O–H groups in total. The molecular formula is C15H16N4O2. The fourth-order valence-corrected chi connectivity index (χ4v) is 2.46. The Morgan fingerprint density at radius 2 is 2.10 bits per heavy atom. The minimum Gasteiger partial charge on any atom is -0.497 e. The van der Waals surface area contributed by atoms with Gasteiger partial charge in [0.05, 0.1) is 18.7 Å². The van der Waals surface area contributed by atoms with Crippen molar-refractivity contribution in [1.29, 1.82) is 5.26 Å². The number of methoxy groups -OCH3 is 1. The summed E-state index contributed by atoms with van der Waals surface area (Å²) in [5.41, 5.74) is 0.507. The summed E-state index contributed by atoms with van der Waals surface area (Å²) in [7, 11) is 1.56. The number of aromatic nitrogens is 3. The topological polar surface area (TPSA) is 73.0 Å². The van der Waals surface area contributed by atoms with Gasteiger partial charge in [-0.2, -0.15) is 5.26 Å². The molecule has 0 spiro atoms. The van der Waals surface area contributed by atoms with Crippen molar-refractivity contribution < 1.29 is 9.47 Å². The Morgan fingerprint density at radius 3 is 2.90 bits per heavy atom. The molecule has 0 saturated carbocycles. The number of rotatable bonds is 4. The molecule has 0 unspecified atom stereocenters. The lowest BCUT2D eigenvalue weighted by Gasteiger charge is -2.15. The number of fused-ring (bicyclic) bond motifs is 1. The molecule has 0 bridgehead atoms. The minimum atomic E-state index is 0.338. The van der Waals surface area contributed by atoms with E-state index < -0.39 is 0 Å². The highest BCUT2D eigenvalue weighted by Crippen LogP contribution is 2.23. The molecule has 6 nitrogen and oxygen atoms in total. The van der Waals surface area contributed by atoms with E-state index in [-0.39, 0.29) is 0 Å². The van der Waals surface area contributed by atoms with Gasteiger partial charge >= 0.3 is 0 Å². The molecule has 1 aromatic carbocycles. The number of aryl methyl sites for hydroxylation is 1. The van der Waals surface area contributed by atoms with Crippen molar-refractivity contribution in [3.63, 3.8) is 0 Å². The van der Waals surface area contributed by atoms with Crippen LogP contribution >= 0.6 is 0 Å². The van der Waals surface area contributed by atoms with Gasteiger partial charge in [-0.05, 0) is 25.0 Å². The van der Waals surface area contributed by atoms with Crippen molar-refractivity contribution in [2.75, 3.05) is 7.11 Å². The standard InChI is InChI=1S/C15H16N4O2/c1-20-12-6-11(9-16)7-13(8-12)21-10-15-18-17-14-4-2-3-5-19(14)15/h6-8H,2-5,10H2,1H3. The van der Waals surface area contributed by atoms with Crippen LogP contribution in [0.2, 0.25) is 0 Å². The van der Waals surface area contributed by atoms with Crippen molar-refractivity contribution in [2.24, 2.45) is 0 Å². The molecule has 1 aliphatic heterocycles. The Hall–Kier alpha value is -2.55. The van der Waals surface area contributed by atoms with Gasteiger partial charge in [-0.3, -0.25) is 0 Å². The molecule has 0 aliphatic carbocycles. The Kier molecular flexibility index (Phi) is 3.73. The van der Waals surface area contributed by atoms with E-state index in [4.69, 9.17) is 14.7 Å². The molecule has 0 atom stereocenters. The van der Waals surface area contributed by atoms with Crippen LogP contribution in [0, 0.1) is 11.3 Å². The van der Waals surface area contributed by atoms with E-state index in [0.717, 1.165) is 31.0 Å². The highest BCUT2D eigenvalue weighted by molar-refractivity contribution is 5.43. The maximum absolute atomic E-state index is 9.00. The Labute approximate surface area is 122 Å². The lowest BCUT2D eigenvalue weighted by molar-refractivity contribution is 0.284. The van der Waals surface area contributed by atoms with Gasteiger partial charge in [-0.25, -0.2) is 0 Å². The van der Waals surface area contributed by atoms with Gasteiger partial charge in [-0.1, -0.05) is 0 Å². The summed E-state index contributed by atoms with van der Waals surface area (Å²) in [6, 6.07) is 7.21. The van der Waals surface area contributed by atoms with Crippen molar-refractivity contribution in [1.82, 2.24) is 14.8 Å². The molecule has 2 heterocycles. The number of hydrogen-bond donors (Lipinski definition) is 0. The van der Waals surface area contributed by atoms with Gasteiger partial charge in [0.1, 0.15) is 23.9 Å². The van der Waals surface area contributed by atoms with Gasteiger partial charge in [0.15, 0.2) is 5.82 Å². The van der Waals surface area contributed by atoms with Crippen LogP contribution in [0.4, 0.5) is 0 Å². The first-order valence-corrected chi connectivity index (χ1v) is 6.93. The van der Waals surface area contributed by atoms with Crippen LogP contribution in [-0.2, 0) is 19.6 Å². The average molecular weight is 284 g/mol. The molecule has 0 fully saturated rings. The minimum absolute atomic E-state index is 0.338. The normalized spacial score (nSPS) is 13.3. The second-order valence-corrected chi connectivity index (χ2v) is 4.94. The van der Waals surface area contributed by atoms with E-state index in [1.165, 1.54) is 6.42 Å². The van der Waals surface area contributed by atoms with Gasteiger partial charge in [0, 0.05) is 19.0 Å². The van der Waals surface area contributed by atoms with E-state index in [0.29, 0.717) is 23.7 Å². The van der Waals surface area contributed by atoms with E-state index in [1.807, 2.05) is 0 Å². The average Bonchev–Trinajstić information content (AvgIpc) is 2.95. The van der Waals surface area contributed by atoms with Crippen molar-refractivity contribution in [2.45, 2.75) is 32.4 Å². The summed E-state index contributed by atoms with van der Waals surface area (Å²) < 4.78 is 13.0. The molecule has 3 rings (SSSR count). The van der Waals surface area contributed by atoms with Gasteiger partial charge < -0.3 is 14.0 Å². The van der Waals surface area contributed by atoms with Crippen LogP contribution < -0.4 is 9.47 Å². The van der Waals surface area contributed by atoms with Crippen LogP contribution in [0.15, 0.2) is 18.2 Å². The van der Waals surface area contributed by atoms with Crippen LogP contribution in [-0.4, -0.2) is 21.9 Å². The maximum Gasteiger partial charge on any atom is 0.171 e. The molecule has 0 saturated heterocycles. The smallest absolute Gasteiger partial charge is 0.171 e. The zero-order valence-corrected chi connectivity index (χ0v) is 11.9. The number of nitrogens with zero attached hydrogens (tertiary/aromatic N) is 4. The molecule has 108 valence electrons. The number of nitriles is 1. The molecule has 2 aromatic rings. The lowest BCUT2D eigenvalue weighted by atomic mass is 10.2. The highest BCUT2D eigenvalue weighted by atomic mass is 16.5. The predicted molar refractivity (Wildman–Crippen MR) is 75.0 cm³/mol. The first-order chi connectivity index (χ1) is 10.3. The van der Waals surface area contributed by atoms with E-state index >= 15 is 0 Å². The maximum atomic E-state index is 9.00. The third kappa shape index (κ3) is 2.82. The van der Waals surface area contributed by atoms with E-state index in [1.54, 1.807) is 25.3 Å². The summed E-state index contributed by atoms with van der Waals surface area (Å²) >= 11 is 0. The summed E-state index contributed by atoms with van der Waals surface area (Å²) in [6.07, 6.45) is 3.29. The quantitative estimate of drug-likeness (QED) is 0.859. The van der Waals surface area contributed by atoms with Crippen LogP contribution in [0.5, 0.6) is 11.5 Å². The van der Waals surface area contributed by atoms with Gasteiger partial charge in [0.25, 0.3) is 0 Å². The zero-order valence-electron chi connectivity index (χ0n) is 11.9. The van der Waals surface area contributed by atoms with Crippen molar-refractivity contribution in [3.8, 4) is 17.6 Å². The second kappa shape index (κ2) is 5.83. The fourth-order valence-electron chi connectivity index (χ4n) is 2.46. The van der Waals surface area contributed by atoms with E-state index in [2.05, 4.69) is 20.8 Å². The number of benzene rings is 1. The monoisotopic (exact) mass is 284 g/mol. The second-order valence-electron chi connectivity index (χ2n) is 4.94. The lowest BCUT2D eigenvalue weighted by Crippen LogP contribution is -2.14. The Balaban J connectivity index is 1.76. The molecule has 6 heteroatoms. The first kappa shape index (κ1) is 13.4. The van der Waals surface area contributed by atoms with Crippen molar-refractivity contribution in [3.05, 3.63) is 35.4 Å². The summed E-state index contributed by atoms with van der Waals surface area (Å²) in [5.74, 6) is 3.06. The first-order valence-electron chi connectivity index (χ1n) is 6.93. The summed E-state index contributed by atoms with van der Waals surface area (Å²) in [6.45, 7) is 1.29. The Bertz CT molecular complexity index is 687. The van der Waals surface area contributed by atoms with Gasteiger partial charge in [-0.15, -0.1) is 10.2 Å².